The maximum Gasteiger partial charge on any atom is 0.354 e. The van der Waals surface area contributed by atoms with Crippen LogP contribution in [0.15, 0.2) is 11.8 Å². The molecule has 0 aliphatic rings. The molecule has 0 saturated heterocycles. The van der Waals surface area contributed by atoms with Crippen LogP contribution in [0.1, 0.15) is 55.2 Å². The number of allylic oxidation sites excluding steroid dienone is 1. The molecule has 15 heavy (non-hydrogen) atoms. The molecular formula is C11H23O3P. The monoisotopic (exact) mass is 239 g/mol. The van der Waals surface area contributed by atoms with Gasteiger partial charge in [-0.3, -0.25) is 13.6 Å². The van der Waals surface area contributed by atoms with E-state index in [0.717, 1.165) is 0 Å². The minimum atomic E-state index is -4.21. The first-order valence-corrected chi connectivity index (χ1v) is 6.22. The first-order valence-electron chi connectivity index (χ1n) is 7.18. The Labute approximate surface area is 100 Å². The number of hydrogen-bond donors (Lipinski definition) is 0. The summed E-state index contributed by atoms with van der Waals surface area (Å²) in [6.45, 7) is 6.82. The van der Waals surface area contributed by atoms with Gasteiger partial charge in [0.15, 0.2) is 0 Å². The summed E-state index contributed by atoms with van der Waals surface area (Å²) in [7, 11) is -4.21. The molecule has 90 valence electrons. The van der Waals surface area contributed by atoms with Crippen molar-refractivity contribution in [3.05, 3.63) is 11.8 Å². The molecule has 0 aliphatic carbocycles. The van der Waals surface area contributed by atoms with Crippen LogP contribution in [0.3, 0.4) is 0 Å². The highest BCUT2D eigenvalue weighted by Gasteiger charge is 2.32. The summed E-state index contributed by atoms with van der Waals surface area (Å²) in [5, 5.41) is 0. The second-order valence-electron chi connectivity index (χ2n) is 5.14. The molecule has 4 heteroatoms. The zero-order valence-electron chi connectivity index (χ0n) is 15.2. The van der Waals surface area contributed by atoms with Crippen molar-refractivity contribution >= 4 is 7.60 Å². The summed E-state index contributed by atoms with van der Waals surface area (Å²) in [5.74, 6) is -0.928. The van der Waals surface area contributed by atoms with Crippen LogP contribution in [0.4, 0.5) is 0 Å². The molecule has 0 aromatic carbocycles. The van der Waals surface area contributed by atoms with Crippen molar-refractivity contribution in [2.45, 2.75) is 59.6 Å². The molecule has 0 aromatic heterocycles. The second-order valence-corrected chi connectivity index (χ2v) is 6.73. The highest BCUT2D eigenvalue weighted by molar-refractivity contribution is 7.57. The first kappa shape index (κ1) is 8.05. The number of hydrogen-bond acceptors (Lipinski definition) is 3. The number of rotatable bonds is 3. The predicted octanol–water partition coefficient (Wildman–Crippen LogP) is 4.34. The van der Waals surface area contributed by atoms with Gasteiger partial charge in [0.25, 0.3) is 0 Å². The van der Waals surface area contributed by atoms with Gasteiger partial charge >= 0.3 is 7.60 Å². The molecule has 0 aliphatic heterocycles. The maximum absolute atomic E-state index is 12.8. The lowest BCUT2D eigenvalue weighted by atomic mass is 10.2. The van der Waals surface area contributed by atoms with E-state index in [0.29, 0.717) is 0 Å². The molecule has 3 nitrogen and oxygen atoms in total. The van der Waals surface area contributed by atoms with E-state index in [-0.39, 0.29) is 0 Å². The van der Waals surface area contributed by atoms with Gasteiger partial charge in [-0.15, -0.1) is 0 Å². The first-order chi connectivity index (χ1) is 8.48. The van der Waals surface area contributed by atoms with Gasteiger partial charge < -0.3 is 0 Å². The standard InChI is InChI=1S/C11H23O3P/c1-8-9-15(12,13-10(2,3)4)14-11(5,6)7/h8-9H,1-7H3/b9-8-/i1D3,8D,9D. The molecule has 0 radical (unpaired) electrons. The normalized spacial score (nSPS) is 21.9. The molecule has 0 N–H and O–H groups in total. The summed E-state index contributed by atoms with van der Waals surface area (Å²) in [6, 6.07) is -1.03. The van der Waals surface area contributed by atoms with E-state index in [2.05, 4.69) is 0 Å². The summed E-state index contributed by atoms with van der Waals surface area (Å²) in [6.07, 6.45) is 0. The third-order valence-corrected chi connectivity index (χ3v) is 2.94. The Morgan fingerprint density at radius 2 is 1.53 bits per heavy atom. The van der Waals surface area contributed by atoms with Crippen molar-refractivity contribution in [1.82, 2.24) is 0 Å². The van der Waals surface area contributed by atoms with Gasteiger partial charge in [-0.2, -0.15) is 0 Å². The predicted molar refractivity (Wildman–Crippen MR) is 64.1 cm³/mol. The molecule has 0 bridgehead atoms. The van der Waals surface area contributed by atoms with Gasteiger partial charge in [-0.05, 0) is 48.4 Å². The lowest BCUT2D eigenvalue weighted by molar-refractivity contribution is 0.0542. The van der Waals surface area contributed by atoms with E-state index in [1.54, 1.807) is 41.5 Å². The minimum absolute atomic E-state index is 0.915. The third-order valence-electron chi connectivity index (χ3n) is 0.981. The van der Waals surface area contributed by atoms with Crippen LogP contribution < -0.4 is 0 Å². The minimum Gasteiger partial charge on any atom is -0.300 e. The quantitative estimate of drug-likeness (QED) is 0.687. The SMILES string of the molecule is [2H]/C(=C(\[2H])P(=O)(OC(C)(C)C)OC(C)(C)C)C([2H])([2H])[2H]. The van der Waals surface area contributed by atoms with Crippen LogP contribution in [-0.2, 0) is 13.6 Å². The summed E-state index contributed by atoms with van der Waals surface area (Å²) < 4.78 is 60.1. The van der Waals surface area contributed by atoms with Gasteiger partial charge in [-0.1, -0.05) is 6.05 Å². The van der Waals surface area contributed by atoms with E-state index in [9.17, 15) is 4.57 Å². The van der Waals surface area contributed by atoms with Gasteiger partial charge in [0, 0.05) is 9.91 Å². The second kappa shape index (κ2) is 4.82. The van der Waals surface area contributed by atoms with Crippen molar-refractivity contribution in [3.63, 3.8) is 0 Å². The van der Waals surface area contributed by atoms with Gasteiger partial charge in [0.05, 0.1) is 13.9 Å². The molecule has 0 fully saturated rings. The highest BCUT2D eigenvalue weighted by Crippen LogP contribution is 2.55. The Balaban J connectivity index is 5.85. The highest BCUT2D eigenvalue weighted by atomic mass is 31.2. The molecule has 0 heterocycles. The Morgan fingerprint density at radius 3 is 1.80 bits per heavy atom. The van der Waals surface area contributed by atoms with Crippen LogP contribution in [0, 0.1) is 0 Å². The molecule has 0 aromatic rings. The topological polar surface area (TPSA) is 35.5 Å². The zero-order valence-corrected chi connectivity index (χ0v) is 11.1. The summed E-state index contributed by atoms with van der Waals surface area (Å²) in [4.78, 5) is 0. The molecule has 0 saturated carbocycles. The van der Waals surface area contributed by atoms with E-state index >= 15 is 0 Å². The average molecular weight is 239 g/mol. The van der Waals surface area contributed by atoms with Crippen molar-refractivity contribution in [2.75, 3.05) is 0 Å². The average Bonchev–Trinajstić information content (AvgIpc) is 2.07. The van der Waals surface area contributed by atoms with Crippen molar-refractivity contribution < 1.29 is 20.5 Å². The van der Waals surface area contributed by atoms with Crippen molar-refractivity contribution in [3.8, 4) is 0 Å². The fourth-order valence-electron chi connectivity index (χ4n) is 0.854. The van der Waals surface area contributed by atoms with E-state index in [1.165, 1.54) is 0 Å². The Hall–Kier alpha value is -0.110. The lowest BCUT2D eigenvalue weighted by Crippen LogP contribution is -2.23. The molecule has 0 rings (SSSR count). The molecule has 0 spiro atoms. The molecular weight excluding hydrogens is 211 g/mol. The van der Waals surface area contributed by atoms with Gasteiger partial charge in [0.1, 0.15) is 0 Å². The van der Waals surface area contributed by atoms with Crippen LogP contribution in [-0.4, -0.2) is 11.2 Å². The van der Waals surface area contributed by atoms with Gasteiger partial charge in [-0.25, -0.2) is 0 Å². The van der Waals surface area contributed by atoms with E-state index in [4.69, 9.17) is 15.9 Å². The van der Waals surface area contributed by atoms with Crippen LogP contribution >= 0.6 is 7.60 Å². The fourth-order valence-corrected chi connectivity index (χ4v) is 2.56. The molecule has 0 atom stereocenters. The summed E-state index contributed by atoms with van der Waals surface area (Å²) >= 11 is 0. The van der Waals surface area contributed by atoms with Crippen molar-refractivity contribution in [2.24, 2.45) is 0 Å². The van der Waals surface area contributed by atoms with Crippen LogP contribution in [0.5, 0.6) is 0 Å². The Bertz CT molecular complexity index is 409. The largest absolute Gasteiger partial charge is 0.354 e. The third kappa shape index (κ3) is 7.78. The molecule has 0 amide bonds. The molecule has 0 unspecified atom stereocenters. The van der Waals surface area contributed by atoms with E-state index < -0.39 is 37.5 Å². The van der Waals surface area contributed by atoms with Gasteiger partial charge in [0.2, 0.25) is 0 Å². The fraction of sp³-hybridized carbons (Fsp3) is 0.818. The Morgan fingerprint density at radius 1 is 1.13 bits per heavy atom. The van der Waals surface area contributed by atoms with Crippen molar-refractivity contribution in [1.29, 1.82) is 0 Å². The smallest absolute Gasteiger partial charge is 0.300 e. The van der Waals surface area contributed by atoms with E-state index in [1.807, 2.05) is 0 Å². The Kier molecular flexibility index (Phi) is 2.59. The lowest BCUT2D eigenvalue weighted by Gasteiger charge is -2.30. The maximum atomic E-state index is 12.8. The summed E-state index contributed by atoms with van der Waals surface area (Å²) in [5.41, 5.74) is -1.83. The zero-order chi connectivity index (χ0) is 16.6. The van der Waals surface area contributed by atoms with Crippen LogP contribution in [0.25, 0.3) is 0 Å². The van der Waals surface area contributed by atoms with Crippen LogP contribution in [0.2, 0.25) is 0 Å².